The van der Waals surface area contributed by atoms with Crippen molar-refractivity contribution in [1.29, 1.82) is 0 Å². The molecule has 0 atom stereocenters. The molecule has 9 aromatic heterocycles. The fraction of sp³-hybridized carbons (Fsp3) is 0.333. The first-order chi connectivity index (χ1) is 43.6. The van der Waals surface area contributed by atoms with Gasteiger partial charge in [-0.15, -0.1) is 0 Å². The molecule has 3 amide bonds. The fourth-order valence-corrected chi connectivity index (χ4v) is 10.8. The molecule has 0 aliphatic carbocycles. The van der Waals surface area contributed by atoms with Crippen LogP contribution in [0.15, 0.2) is 96.4 Å². The maximum atomic E-state index is 13.0. The Kier molecular flexibility index (Phi) is 19.7. The van der Waals surface area contributed by atoms with Crippen molar-refractivity contribution in [3.8, 4) is 57.6 Å². The number of imidazole rings is 3. The summed E-state index contributed by atoms with van der Waals surface area (Å²) >= 11 is 3.39. The third-order valence-electron chi connectivity index (χ3n) is 15.7. The summed E-state index contributed by atoms with van der Waals surface area (Å²) in [5, 5.41) is 21.2. The average Bonchev–Trinajstić information content (AvgIpc) is 1.61. The van der Waals surface area contributed by atoms with Gasteiger partial charge in [-0.2, -0.15) is 15.3 Å². The van der Waals surface area contributed by atoms with Crippen LogP contribution >= 0.6 is 15.9 Å². The number of fused-ring (bicyclic) bond motifs is 3. The number of carbonyl (C=O) groups is 3. The first-order valence-corrected chi connectivity index (χ1v) is 29.8. The van der Waals surface area contributed by atoms with Gasteiger partial charge in [0.05, 0.1) is 86.2 Å². The van der Waals surface area contributed by atoms with E-state index in [1.54, 1.807) is 98.5 Å². The number of nitrogens with one attached hydrogen (secondary N) is 2. The lowest BCUT2D eigenvalue weighted by molar-refractivity contribution is 0.00578. The Morgan fingerprint density at radius 2 is 0.891 bits per heavy atom. The Balaban J connectivity index is 0.000000154. The Hall–Kier alpha value is -10.00. The van der Waals surface area contributed by atoms with E-state index >= 15 is 0 Å². The Morgan fingerprint density at radius 1 is 0.533 bits per heavy atom. The van der Waals surface area contributed by atoms with Crippen LogP contribution in [0.25, 0.3) is 67.3 Å². The van der Waals surface area contributed by atoms with E-state index in [1.165, 1.54) is 0 Å². The molecule has 10 heterocycles. The van der Waals surface area contributed by atoms with E-state index in [0.29, 0.717) is 67.9 Å². The van der Waals surface area contributed by atoms with Gasteiger partial charge in [-0.1, -0.05) is 0 Å². The van der Waals surface area contributed by atoms with Gasteiger partial charge < -0.3 is 58.3 Å². The van der Waals surface area contributed by atoms with E-state index in [2.05, 4.69) is 99.5 Å². The summed E-state index contributed by atoms with van der Waals surface area (Å²) in [5.41, 5.74) is 13.4. The number of primary amides is 1. The SMILES string of the molecule is CB1OC(C)(C)C(C)(C)O1.COc1ccc(CNC(=O)c2cc3c(cnn3C)c(-c3nc(Br)cn3C)n2)c(OC)c1.COc1ccc(CNC(=O)c2cc3c(cnn3C)c(-c3nc(C)cn3C)n2)c(OC)c1.Cc1cn(C)c(-c2nc(C(N)=O)cc3c2cnn3C)n1. The van der Waals surface area contributed by atoms with Crippen LogP contribution in [0, 0.1) is 13.8 Å². The first kappa shape index (κ1) is 66.4. The number of nitrogens with zero attached hydrogens (tertiary/aromatic N) is 15. The number of ether oxygens (including phenoxy) is 4. The number of aryl methyl sites for hydroxylation is 8. The molecule has 0 radical (unpaired) electrons. The van der Waals surface area contributed by atoms with Crippen molar-refractivity contribution >= 4 is 73.5 Å². The number of carbonyl (C=O) groups excluding carboxylic acids is 3. The van der Waals surface area contributed by atoms with Gasteiger partial charge in [-0.3, -0.25) is 28.4 Å². The van der Waals surface area contributed by atoms with Crippen molar-refractivity contribution in [2.75, 3.05) is 28.4 Å². The van der Waals surface area contributed by atoms with Crippen LogP contribution in [-0.2, 0) is 64.7 Å². The van der Waals surface area contributed by atoms with Gasteiger partial charge in [0.2, 0.25) is 0 Å². The highest BCUT2D eigenvalue weighted by Gasteiger charge is 2.48. The maximum Gasteiger partial charge on any atom is 0.454 e. The minimum atomic E-state index is -0.569. The molecule has 1 fully saturated rings. The molecule has 27 nitrogen and oxygen atoms in total. The van der Waals surface area contributed by atoms with Crippen molar-refractivity contribution in [3.05, 3.63) is 136 Å². The van der Waals surface area contributed by atoms with Crippen LogP contribution in [0.1, 0.15) is 81.7 Å². The summed E-state index contributed by atoms with van der Waals surface area (Å²) in [5.74, 6) is 3.46. The molecule has 0 unspecified atom stereocenters. The van der Waals surface area contributed by atoms with Crippen LogP contribution in [0.4, 0.5) is 0 Å². The van der Waals surface area contributed by atoms with Gasteiger partial charge in [0, 0.05) is 113 Å². The van der Waals surface area contributed by atoms with E-state index in [4.69, 9.17) is 34.0 Å². The van der Waals surface area contributed by atoms with Gasteiger partial charge in [0.15, 0.2) is 17.5 Å². The van der Waals surface area contributed by atoms with E-state index < -0.39 is 5.91 Å². The molecule has 1 saturated heterocycles. The zero-order chi connectivity index (χ0) is 66.7. The minimum absolute atomic E-state index is 0.0648. The fourth-order valence-electron chi connectivity index (χ4n) is 10.3. The molecule has 0 bridgehead atoms. The van der Waals surface area contributed by atoms with Crippen molar-refractivity contribution in [2.45, 2.75) is 72.7 Å². The van der Waals surface area contributed by atoms with Crippen molar-refractivity contribution < 1.29 is 42.6 Å². The molecule has 4 N–H and O–H groups in total. The number of pyridine rings is 3. The minimum Gasteiger partial charge on any atom is -0.497 e. The molecule has 92 heavy (non-hydrogen) atoms. The highest BCUT2D eigenvalue weighted by molar-refractivity contribution is 9.10. The lowest BCUT2D eigenvalue weighted by atomic mass is 9.90. The lowest BCUT2D eigenvalue weighted by Gasteiger charge is -2.32. The Morgan fingerprint density at radius 3 is 1.20 bits per heavy atom. The lowest BCUT2D eigenvalue weighted by Crippen LogP contribution is -2.41. The van der Waals surface area contributed by atoms with Gasteiger partial charge in [0.25, 0.3) is 17.7 Å². The predicted octanol–water partition coefficient (Wildman–Crippen LogP) is 8.19. The smallest absolute Gasteiger partial charge is 0.454 e. The number of hydrogen-bond acceptors (Lipinski definition) is 18. The van der Waals surface area contributed by atoms with Gasteiger partial charge in [-0.25, -0.2) is 29.9 Å². The standard InChI is InChI=1S/C22H24N6O3.C21H21BrN6O3.C13H14N6O.C7H15BO2/c1-13-12-27(2)21(25-13)20-16-11-24-28(3)18(16)9-17(26-20)22(29)23-10-14-6-7-15(30-4)8-19(14)31-5;1-27-11-18(22)26-20(27)19-14-10-24-28(2)16(14)8-15(25-19)21(29)23-9-12-5-6-13(30-3)7-17(12)31-4;1-7-6-18(2)13(16-7)11-8-5-15-19(3)10(8)4-9(17-11)12(14)20;1-6(2)7(3,4)10-8(5)9-6/h6-9,11-12H,10H2,1-5H3,(H,23,29);5-8,10-11H,9H2,1-4H3,(H,23,29);4-6H,1-3H3,(H2,14,20);1-5H3. The number of aromatic nitrogens is 15. The molecule has 0 spiro atoms. The molecule has 480 valence electrons. The summed E-state index contributed by atoms with van der Waals surface area (Å²) in [6.45, 7) is 14.5. The van der Waals surface area contributed by atoms with Gasteiger partial charge in [0.1, 0.15) is 61.8 Å². The zero-order valence-electron chi connectivity index (χ0n) is 54.5. The van der Waals surface area contributed by atoms with Crippen LogP contribution in [0.5, 0.6) is 23.0 Å². The second-order valence-electron chi connectivity index (χ2n) is 22.7. The summed E-state index contributed by atoms with van der Waals surface area (Å²) in [4.78, 5) is 64.6. The highest BCUT2D eigenvalue weighted by atomic mass is 79.9. The second kappa shape index (κ2) is 27.2. The third-order valence-corrected chi connectivity index (χ3v) is 16.1. The number of benzene rings is 2. The van der Waals surface area contributed by atoms with Crippen molar-refractivity contribution in [3.63, 3.8) is 0 Å². The summed E-state index contributed by atoms with van der Waals surface area (Å²) in [6, 6.07) is 16.0. The number of hydrogen-bond donors (Lipinski definition) is 3. The Bertz CT molecular complexity index is 4350. The second-order valence-corrected chi connectivity index (χ2v) is 23.5. The number of halogens is 1. The van der Waals surface area contributed by atoms with Crippen LogP contribution < -0.4 is 35.3 Å². The largest absolute Gasteiger partial charge is 0.497 e. The molecule has 0 saturated carbocycles. The first-order valence-electron chi connectivity index (χ1n) is 29.0. The van der Waals surface area contributed by atoms with Crippen LogP contribution in [-0.4, -0.2) is 137 Å². The number of nitrogens with two attached hydrogens (primary N) is 1. The van der Waals surface area contributed by atoms with Crippen molar-refractivity contribution in [1.82, 2.24) is 83.6 Å². The van der Waals surface area contributed by atoms with Crippen LogP contribution in [0.3, 0.4) is 0 Å². The number of amides is 3. The molecular formula is C63H74BBrN18O9. The molecule has 12 rings (SSSR count). The van der Waals surface area contributed by atoms with Gasteiger partial charge in [-0.05, 0) is 107 Å². The third kappa shape index (κ3) is 14.1. The molecule has 1 aliphatic heterocycles. The van der Waals surface area contributed by atoms with Crippen molar-refractivity contribution in [2.24, 2.45) is 48.0 Å². The highest BCUT2D eigenvalue weighted by Crippen LogP contribution is 2.37. The maximum absolute atomic E-state index is 13.0. The molecular weight excluding hydrogens is 1240 g/mol. The number of methoxy groups -OCH3 is 4. The van der Waals surface area contributed by atoms with Gasteiger partial charge >= 0.3 is 7.12 Å². The normalized spacial score (nSPS) is 13.0. The molecule has 2 aromatic carbocycles. The quantitative estimate of drug-likeness (QED) is 0.0864. The molecule has 29 heteroatoms. The summed E-state index contributed by atoms with van der Waals surface area (Å²) < 4.78 is 43.8. The average molecular weight is 1320 g/mol. The molecule has 11 aromatic rings. The van der Waals surface area contributed by atoms with E-state index in [1.807, 2.05) is 112 Å². The topological polar surface area (TPSA) is 302 Å². The van der Waals surface area contributed by atoms with E-state index in [9.17, 15) is 14.4 Å². The monoisotopic (exact) mass is 1320 g/mol. The zero-order valence-corrected chi connectivity index (χ0v) is 56.1. The summed E-state index contributed by atoms with van der Waals surface area (Å²) in [6.07, 6.45) is 10.8. The Labute approximate surface area is 539 Å². The van der Waals surface area contributed by atoms with E-state index in [0.717, 1.165) is 55.2 Å². The predicted molar refractivity (Wildman–Crippen MR) is 351 cm³/mol. The van der Waals surface area contributed by atoms with E-state index in [-0.39, 0.29) is 54.6 Å². The van der Waals surface area contributed by atoms with Crippen LogP contribution in [0.2, 0.25) is 6.82 Å². The molecule has 1 aliphatic rings. The summed E-state index contributed by atoms with van der Waals surface area (Å²) in [7, 11) is 17.4. The number of rotatable bonds is 14.